The molecule has 0 bridgehead atoms. The molecule has 1 atom stereocenters. The highest BCUT2D eigenvalue weighted by Crippen LogP contribution is 2.24. The molecule has 0 unspecified atom stereocenters. The average molecular weight is 326 g/mol. The van der Waals surface area contributed by atoms with E-state index in [2.05, 4.69) is 12.1 Å². The molecule has 24 heavy (non-hydrogen) atoms. The van der Waals surface area contributed by atoms with E-state index in [9.17, 15) is 4.79 Å². The molecule has 0 radical (unpaired) electrons. The van der Waals surface area contributed by atoms with E-state index < -0.39 is 6.04 Å². The number of benzene rings is 2. The molecule has 1 amide bonds. The minimum Gasteiger partial charge on any atom is -0.496 e. The molecule has 0 heterocycles. The molecule has 0 aliphatic carbocycles. The second-order valence-electron chi connectivity index (χ2n) is 6.25. The Balaban J connectivity index is 2.03. The van der Waals surface area contributed by atoms with Crippen molar-refractivity contribution < 1.29 is 9.53 Å². The van der Waals surface area contributed by atoms with Gasteiger partial charge in [-0.1, -0.05) is 42.5 Å². The molecule has 0 spiro atoms. The standard InChI is InChI=1S/C20H26N2O2/c1-14-10-17(11-15(2)19(14)24-4)13-22(3)20(23)18(21)12-16-8-6-5-7-9-16/h5-11,18H,12-13,21H2,1-4H3/t18-/m0/s1. The summed E-state index contributed by atoms with van der Waals surface area (Å²) in [6.45, 7) is 4.56. The van der Waals surface area contributed by atoms with Crippen molar-refractivity contribution in [2.75, 3.05) is 14.2 Å². The molecule has 2 rings (SSSR count). The molecule has 0 aromatic heterocycles. The zero-order valence-electron chi connectivity index (χ0n) is 14.9. The number of methoxy groups -OCH3 is 1. The van der Waals surface area contributed by atoms with Crippen molar-refractivity contribution in [2.45, 2.75) is 32.9 Å². The predicted octanol–water partition coefficient (Wildman–Crippen LogP) is 2.84. The first-order chi connectivity index (χ1) is 11.4. The van der Waals surface area contributed by atoms with Crippen LogP contribution in [0, 0.1) is 13.8 Å². The van der Waals surface area contributed by atoms with Gasteiger partial charge in [0.1, 0.15) is 5.75 Å². The largest absolute Gasteiger partial charge is 0.496 e. The van der Waals surface area contributed by atoms with Gasteiger partial charge in [-0.05, 0) is 42.5 Å². The van der Waals surface area contributed by atoms with E-state index in [4.69, 9.17) is 10.5 Å². The highest BCUT2D eigenvalue weighted by atomic mass is 16.5. The SMILES string of the molecule is COc1c(C)cc(CN(C)C(=O)[C@@H](N)Cc2ccccc2)cc1C. The van der Waals surface area contributed by atoms with Gasteiger partial charge in [-0.2, -0.15) is 0 Å². The minimum absolute atomic E-state index is 0.0509. The maximum absolute atomic E-state index is 12.5. The molecule has 0 aliphatic rings. The second kappa shape index (κ2) is 7.97. The highest BCUT2D eigenvalue weighted by Gasteiger charge is 2.19. The quantitative estimate of drug-likeness (QED) is 0.888. The number of aryl methyl sites for hydroxylation is 2. The van der Waals surface area contributed by atoms with Crippen LogP contribution in [0.5, 0.6) is 5.75 Å². The minimum atomic E-state index is -0.530. The first-order valence-electron chi connectivity index (χ1n) is 8.11. The first-order valence-corrected chi connectivity index (χ1v) is 8.11. The van der Waals surface area contributed by atoms with Crippen LogP contribution in [-0.2, 0) is 17.8 Å². The van der Waals surface area contributed by atoms with Gasteiger partial charge in [-0.3, -0.25) is 4.79 Å². The topological polar surface area (TPSA) is 55.6 Å². The summed E-state index contributed by atoms with van der Waals surface area (Å²) >= 11 is 0. The van der Waals surface area contributed by atoms with E-state index >= 15 is 0 Å². The number of carbonyl (C=O) groups is 1. The van der Waals surface area contributed by atoms with Crippen LogP contribution >= 0.6 is 0 Å². The third-order valence-corrected chi connectivity index (χ3v) is 4.14. The number of likely N-dealkylation sites (N-methyl/N-ethyl adjacent to an activating group) is 1. The van der Waals surface area contributed by atoms with Crippen molar-refractivity contribution in [3.63, 3.8) is 0 Å². The summed E-state index contributed by atoms with van der Waals surface area (Å²) in [4.78, 5) is 14.2. The highest BCUT2D eigenvalue weighted by molar-refractivity contribution is 5.81. The van der Waals surface area contributed by atoms with Crippen LogP contribution < -0.4 is 10.5 Å². The van der Waals surface area contributed by atoms with Crippen molar-refractivity contribution in [3.05, 3.63) is 64.7 Å². The molecule has 4 heteroatoms. The molecule has 2 aromatic carbocycles. The number of carbonyl (C=O) groups excluding carboxylic acids is 1. The van der Waals surface area contributed by atoms with Crippen molar-refractivity contribution >= 4 is 5.91 Å². The molecule has 0 aliphatic heterocycles. The van der Waals surface area contributed by atoms with Crippen molar-refractivity contribution in [1.29, 1.82) is 0 Å². The summed E-state index contributed by atoms with van der Waals surface area (Å²) < 4.78 is 5.39. The number of amides is 1. The van der Waals surface area contributed by atoms with E-state index in [0.29, 0.717) is 13.0 Å². The van der Waals surface area contributed by atoms with Crippen LogP contribution in [0.2, 0.25) is 0 Å². The summed E-state index contributed by atoms with van der Waals surface area (Å²) in [5, 5.41) is 0. The maximum atomic E-state index is 12.5. The van der Waals surface area contributed by atoms with Crippen LogP contribution in [-0.4, -0.2) is 31.0 Å². The molecular formula is C20H26N2O2. The van der Waals surface area contributed by atoms with Gasteiger partial charge in [0, 0.05) is 13.6 Å². The number of nitrogens with two attached hydrogens (primary N) is 1. The van der Waals surface area contributed by atoms with Crippen LogP contribution in [0.15, 0.2) is 42.5 Å². The van der Waals surface area contributed by atoms with Crippen molar-refractivity contribution in [3.8, 4) is 5.75 Å². The fraction of sp³-hybridized carbons (Fsp3) is 0.350. The van der Waals surface area contributed by atoms with Gasteiger partial charge in [0.25, 0.3) is 0 Å². The number of ether oxygens (including phenoxy) is 1. The lowest BCUT2D eigenvalue weighted by atomic mass is 10.0. The third kappa shape index (κ3) is 4.36. The molecular weight excluding hydrogens is 300 g/mol. The summed E-state index contributed by atoms with van der Waals surface area (Å²) in [5.41, 5.74) is 10.4. The van der Waals surface area contributed by atoms with Crippen LogP contribution in [0.4, 0.5) is 0 Å². The summed E-state index contributed by atoms with van der Waals surface area (Å²) in [6, 6.07) is 13.4. The van der Waals surface area contributed by atoms with Crippen molar-refractivity contribution in [1.82, 2.24) is 4.90 Å². The smallest absolute Gasteiger partial charge is 0.239 e. The zero-order chi connectivity index (χ0) is 17.7. The van der Waals surface area contributed by atoms with Gasteiger partial charge in [0.15, 0.2) is 0 Å². The molecule has 0 saturated carbocycles. The first kappa shape index (κ1) is 18.0. The Bertz CT molecular complexity index is 675. The molecule has 0 fully saturated rings. The average Bonchev–Trinajstić information content (AvgIpc) is 2.54. The van der Waals surface area contributed by atoms with E-state index in [-0.39, 0.29) is 5.91 Å². The van der Waals surface area contributed by atoms with Gasteiger partial charge in [0.2, 0.25) is 5.91 Å². The fourth-order valence-corrected chi connectivity index (χ4v) is 3.04. The summed E-state index contributed by atoms with van der Waals surface area (Å²) in [7, 11) is 3.47. The van der Waals surface area contributed by atoms with Crippen LogP contribution in [0.3, 0.4) is 0 Å². The lowest BCUT2D eigenvalue weighted by molar-refractivity contribution is -0.131. The van der Waals surface area contributed by atoms with Gasteiger partial charge in [-0.25, -0.2) is 0 Å². The van der Waals surface area contributed by atoms with E-state index in [1.807, 2.05) is 44.2 Å². The Morgan fingerprint density at radius 1 is 1.12 bits per heavy atom. The predicted molar refractivity (Wildman–Crippen MR) is 97.1 cm³/mol. The number of nitrogens with zero attached hydrogens (tertiary/aromatic N) is 1. The monoisotopic (exact) mass is 326 g/mol. The summed E-state index contributed by atoms with van der Waals surface area (Å²) in [6.07, 6.45) is 0.546. The van der Waals surface area contributed by atoms with Crippen LogP contribution in [0.25, 0.3) is 0 Å². The number of hydrogen-bond donors (Lipinski definition) is 1. The molecule has 2 aromatic rings. The molecule has 2 N–H and O–H groups in total. The lowest BCUT2D eigenvalue weighted by Gasteiger charge is -2.22. The second-order valence-corrected chi connectivity index (χ2v) is 6.25. The lowest BCUT2D eigenvalue weighted by Crippen LogP contribution is -2.42. The fourth-order valence-electron chi connectivity index (χ4n) is 3.04. The molecule has 128 valence electrons. The Labute approximate surface area is 144 Å². The van der Waals surface area contributed by atoms with Gasteiger partial charge in [-0.15, -0.1) is 0 Å². The molecule has 0 saturated heterocycles. The molecule has 4 nitrogen and oxygen atoms in total. The third-order valence-electron chi connectivity index (χ3n) is 4.14. The Kier molecular flexibility index (Phi) is 5.99. The number of rotatable bonds is 6. The normalized spacial score (nSPS) is 11.9. The number of hydrogen-bond acceptors (Lipinski definition) is 3. The summed E-state index contributed by atoms with van der Waals surface area (Å²) in [5.74, 6) is 0.846. The zero-order valence-corrected chi connectivity index (χ0v) is 14.9. The van der Waals surface area contributed by atoms with E-state index in [1.165, 1.54) is 0 Å². The van der Waals surface area contributed by atoms with E-state index in [0.717, 1.165) is 28.0 Å². The van der Waals surface area contributed by atoms with E-state index in [1.54, 1.807) is 19.1 Å². The van der Waals surface area contributed by atoms with Crippen LogP contribution in [0.1, 0.15) is 22.3 Å². The van der Waals surface area contributed by atoms with Crippen molar-refractivity contribution in [2.24, 2.45) is 5.73 Å². The van der Waals surface area contributed by atoms with Gasteiger partial charge < -0.3 is 15.4 Å². The Morgan fingerprint density at radius 3 is 2.25 bits per heavy atom. The maximum Gasteiger partial charge on any atom is 0.239 e. The van der Waals surface area contributed by atoms with Gasteiger partial charge >= 0.3 is 0 Å². The van der Waals surface area contributed by atoms with Gasteiger partial charge in [0.05, 0.1) is 13.2 Å². The Hall–Kier alpha value is -2.33. The Morgan fingerprint density at radius 2 is 1.71 bits per heavy atom.